The first-order valence-electron chi connectivity index (χ1n) is 19.7. The van der Waals surface area contributed by atoms with E-state index in [9.17, 15) is 0 Å². The monoisotopic (exact) mass is 588 g/mol. The van der Waals surface area contributed by atoms with Gasteiger partial charge in [0.15, 0.2) is 0 Å². The lowest BCUT2D eigenvalue weighted by Gasteiger charge is -2.42. The maximum atomic E-state index is 5.47. The van der Waals surface area contributed by atoms with E-state index in [0.717, 1.165) is 66.6 Å². The van der Waals surface area contributed by atoms with Crippen molar-refractivity contribution in [3.8, 4) is 0 Å². The molecule has 0 amide bonds. The molecule has 248 valence electrons. The number of nitrogens with zero attached hydrogens (tertiary/aromatic N) is 1. The summed E-state index contributed by atoms with van der Waals surface area (Å²) < 4.78 is 5.47. The van der Waals surface area contributed by atoms with Gasteiger partial charge in [-0.2, -0.15) is 0 Å². The van der Waals surface area contributed by atoms with Gasteiger partial charge in [-0.3, -0.25) is 4.90 Å². The molecule has 42 heavy (non-hydrogen) atoms. The van der Waals surface area contributed by atoms with Gasteiger partial charge in [-0.05, 0) is 73.0 Å². The van der Waals surface area contributed by atoms with Crippen LogP contribution in [0.5, 0.6) is 0 Å². The first-order chi connectivity index (χ1) is 20.3. The lowest BCUT2D eigenvalue weighted by atomic mass is 9.65. The van der Waals surface area contributed by atoms with Crippen molar-refractivity contribution in [3.63, 3.8) is 0 Å². The average Bonchev–Trinajstić information content (AvgIpc) is 3.00. The van der Waals surface area contributed by atoms with Crippen LogP contribution in [-0.4, -0.2) is 37.2 Å². The summed E-state index contributed by atoms with van der Waals surface area (Å²) in [5.41, 5.74) is 0. The highest BCUT2D eigenvalue weighted by molar-refractivity contribution is 4.85. The molecule has 2 heteroatoms. The Bertz CT molecular complexity index is 612. The Morgan fingerprint density at radius 3 is 1.45 bits per heavy atom. The zero-order valence-electron chi connectivity index (χ0n) is 29.7. The summed E-state index contributed by atoms with van der Waals surface area (Å²) in [6, 6.07) is 0.861. The molecule has 2 nitrogen and oxygen atoms in total. The second kappa shape index (κ2) is 20.9. The predicted octanol–water partition coefficient (Wildman–Crippen LogP) is 12.0. The van der Waals surface area contributed by atoms with Gasteiger partial charge in [0.1, 0.15) is 0 Å². The van der Waals surface area contributed by atoms with Crippen molar-refractivity contribution in [2.75, 3.05) is 26.3 Å². The summed E-state index contributed by atoms with van der Waals surface area (Å²) in [6.45, 7) is 18.6. The van der Waals surface area contributed by atoms with Crippen LogP contribution in [0, 0.1) is 47.3 Å². The molecule has 5 aliphatic rings. The van der Waals surface area contributed by atoms with E-state index in [2.05, 4.69) is 46.4 Å². The molecule has 0 bridgehead atoms. The topological polar surface area (TPSA) is 12.5 Å². The van der Waals surface area contributed by atoms with Gasteiger partial charge in [-0.15, -0.1) is 0 Å². The maximum Gasteiger partial charge on any atom is 0.0594 e. The Balaban J connectivity index is 0.000000178. The molecule has 5 fully saturated rings. The molecular weight excluding hydrogens is 510 g/mol. The van der Waals surface area contributed by atoms with E-state index >= 15 is 0 Å². The summed E-state index contributed by atoms with van der Waals surface area (Å²) in [6.07, 6.45) is 31.4. The Hall–Kier alpha value is -0.0800. The molecule has 0 aromatic carbocycles. The SMILES string of the molecule is CC(C)C(C1CCCCC1)C1CCCCC1.CC(C)CC1CCCCC1.CC(C)CC1CCCCC1N1CCOCC1. The summed E-state index contributed by atoms with van der Waals surface area (Å²) in [7, 11) is 0. The largest absolute Gasteiger partial charge is 0.379 e. The molecule has 0 radical (unpaired) electrons. The lowest BCUT2D eigenvalue weighted by Crippen LogP contribution is -2.48. The zero-order chi connectivity index (χ0) is 30.2. The number of hydrogen-bond donors (Lipinski definition) is 0. The lowest BCUT2D eigenvalue weighted by molar-refractivity contribution is -0.0103. The molecular formula is C40H77NO. The summed E-state index contributed by atoms with van der Waals surface area (Å²) in [5, 5.41) is 0. The summed E-state index contributed by atoms with van der Waals surface area (Å²) in [5.74, 6) is 7.94. The number of ether oxygens (including phenoxy) is 1. The number of morpholine rings is 1. The van der Waals surface area contributed by atoms with Crippen LogP contribution in [0.4, 0.5) is 0 Å². The number of hydrogen-bond acceptors (Lipinski definition) is 2. The molecule has 2 atom stereocenters. The van der Waals surface area contributed by atoms with Gasteiger partial charge < -0.3 is 4.74 Å². The van der Waals surface area contributed by atoms with Gasteiger partial charge in [0, 0.05) is 19.1 Å². The standard InChI is InChI=1S/C16H30.C14H27NO.C10H20/c1-13(2)16(14-9-5-3-6-10-14)15-11-7-4-8-12-15;1-12(2)11-13-5-3-4-6-14(13)15-7-9-16-10-8-15;1-9(2)8-10-6-4-3-5-7-10/h13-16H,3-12H2,1-2H3;12-14H,3-11H2,1-2H3;9-10H,3-8H2,1-2H3. The van der Waals surface area contributed by atoms with Crippen molar-refractivity contribution in [2.45, 2.75) is 182 Å². The fraction of sp³-hybridized carbons (Fsp3) is 1.00. The van der Waals surface area contributed by atoms with Crippen LogP contribution < -0.4 is 0 Å². The Kier molecular flexibility index (Phi) is 18.1. The highest BCUT2D eigenvalue weighted by Crippen LogP contribution is 2.43. The maximum absolute atomic E-state index is 5.47. The van der Waals surface area contributed by atoms with E-state index < -0.39 is 0 Å². The van der Waals surface area contributed by atoms with Gasteiger partial charge in [0.2, 0.25) is 0 Å². The molecule has 2 unspecified atom stereocenters. The van der Waals surface area contributed by atoms with Crippen molar-refractivity contribution >= 4 is 0 Å². The summed E-state index contributed by atoms with van der Waals surface area (Å²) in [4.78, 5) is 2.70. The van der Waals surface area contributed by atoms with Gasteiger partial charge in [-0.25, -0.2) is 0 Å². The Morgan fingerprint density at radius 1 is 0.524 bits per heavy atom. The molecule has 4 saturated carbocycles. The third kappa shape index (κ3) is 13.5. The minimum Gasteiger partial charge on any atom is -0.379 e. The first kappa shape index (κ1) is 36.4. The van der Waals surface area contributed by atoms with Crippen LogP contribution in [0.25, 0.3) is 0 Å². The first-order valence-corrected chi connectivity index (χ1v) is 19.7. The Morgan fingerprint density at radius 2 is 0.976 bits per heavy atom. The van der Waals surface area contributed by atoms with E-state index in [4.69, 9.17) is 4.74 Å². The van der Waals surface area contributed by atoms with E-state index in [-0.39, 0.29) is 0 Å². The fourth-order valence-electron chi connectivity index (χ4n) is 10.1. The van der Waals surface area contributed by atoms with Crippen LogP contribution in [0.1, 0.15) is 176 Å². The highest BCUT2D eigenvalue weighted by atomic mass is 16.5. The van der Waals surface area contributed by atoms with Gasteiger partial charge >= 0.3 is 0 Å². The van der Waals surface area contributed by atoms with Gasteiger partial charge in [0.25, 0.3) is 0 Å². The molecule has 0 spiro atoms. The minimum atomic E-state index is 0.853. The summed E-state index contributed by atoms with van der Waals surface area (Å²) >= 11 is 0. The predicted molar refractivity (Wildman–Crippen MR) is 185 cm³/mol. The molecule has 0 aromatic heterocycles. The van der Waals surface area contributed by atoms with Gasteiger partial charge in [0.05, 0.1) is 13.2 Å². The molecule has 4 aliphatic carbocycles. The fourth-order valence-corrected chi connectivity index (χ4v) is 10.1. The smallest absolute Gasteiger partial charge is 0.0594 e. The highest BCUT2D eigenvalue weighted by Gasteiger charge is 2.33. The third-order valence-corrected chi connectivity index (χ3v) is 11.8. The molecule has 5 rings (SSSR count). The average molecular weight is 588 g/mol. The van der Waals surface area contributed by atoms with Crippen molar-refractivity contribution in [3.05, 3.63) is 0 Å². The minimum absolute atomic E-state index is 0.853. The van der Waals surface area contributed by atoms with Crippen LogP contribution in [0.15, 0.2) is 0 Å². The van der Waals surface area contributed by atoms with Crippen LogP contribution in [-0.2, 0) is 4.74 Å². The van der Waals surface area contributed by atoms with Crippen LogP contribution in [0.3, 0.4) is 0 Å². The normalized spacial score (nSPS) is 27.6. The van der Waals surface area contributed by atoms with E-state index in [1.165, 1.54) is 122 Å². The van der Waals surface area contributed by atoms with Crippen molar-refractivity contribution in [2.24, 2.45) is 47.3 Å². The van der Waals surface area contributed by atoms with Crippen molar-refractivity contribution < 1.29 is 4.74 Å². The van der Waals surface area contributed by atoms with Crippen molar-refractivity contribution in [1.29, 1.82) is 0 Å². The van der Waals surface area contributed by atoms with Crippen LogP contribution in [0.2, 0.25) is 0 Å². The third-order valence-electron chi connectivity index (χ3n) is 11.8. The Labute approximate surface area is 265 Å². The van der Waals surface area contributed by atoms with Crippen molar-refractivity contribution in [1.82, 2.24) is 4.90 Å². The van der Waals surface area contributed by atoms with E-state index in [0.29, 0.717) is 0 Å². The quantitative estimate of drug-likeness (QED) is 0.280. The molecule has 1 aliphatic heterocycles. The van der Waals surface area contributed by atoms with Gasteiger partial charge in [-0.1, -0.05) is 151 Å². The molecule has 0 aromatic rings. The number of rotatable bonds is 8. The van der Waals surface area contributed by atoms with Crippen LogP contribution >= 0.6 is 0 Å². The zero-order valence-corrected chi connectivity index (χ0v) is 29.7. The second-order valence-corrected chi connectivity index (χ2v) is 16.6. The molecule has 1 saturated heterocycles. The second-order valence-electron chi connectivity index (χ2n) is 16.6. The molecule has 1 heterocycles. The van der Waals surface area contributed by atoms with E-state index in [1.54, 1.807) is 25.7 Å². The molecule has 0 N–H and O–H groups in total. The van der Waals surface area contributed by atoms with E-state index in [1.807, 2.05) is 0 Å².